The van der Waals surface area contributed by atoms with Gasteiger partial charge in [-0.1, -0.05) is 31.5 Å². The Balaban J connectivity index is 1.98. The maximum absolute atomic E-state index is 11.9. The number of amides is 1. The van der Waals surface area contributed by atoms with Crippen molar-refractivity contribution in [3.63, 3.8) is 0 Å². The fraction of sp³-hybridized carbons (Fsp3) is 0.294. The van der Waals surface area contributed by atoms with Crippen LogP contribution in [-0.4, -0.2) is 17.4 Å². The molecule has 1 aromatic heterocycles. The Labute approximate surface area is 125 Å². The van der Waals surface area contributed by atoms with E-state index < -0.39 is 0 Å². The first-order valence-electron chi connectivity index (χ1n) is 7.12. The first kappa shape index (κ1) is 15.0. The van der Waals surface area contributed by atoms with Crippen LogP contribution in [0.3, 0.4) is 0 Å². The molecule has 0 fully saturated rings. The van der Waals surface area contributed by atoms with Crippen LogP contribution in [0, 0.1) is 12.8 Å². The van der Waals surface area contributed by atoms with Crippen LogP contribution in [-0.2, 0) is 0 Å². The van der Waals surface area contributed by atoms with Gasteiger partial charge in [0.2, 0.25) is 0 Å². The molecular weight excluding hydrogens is 262 g/mol. The van der Waals surface area contributed by atoms with Gasteiger partial charge < -0.3 is 10.6 Å². The number of aromatic nitrogens is 1. The third-order valence-electron chi connectivity index (χ3n) is 3.01. The van der Waals surface area contributed by atoms with Gasteiger partial charge in [0.1, 0.15) is 5.69 Å². The highest BCUT2D eigenvalue weighted by atomic mass is 16.1. The summed E-state index contributed by atoms with van der Waals surface area (Å²) in [5, 5.41) is 6.11. The van der Waals surface area contributed by atoms with Gasteiger partial charge in [0.25, 0.3) is 5.91 Å². The smallest absolute Gasteiger partial charge is 0.269 e. The van der Waals surface area contributed by atoms with Crippen molar-refractivity contribution in [1.82, 2.24) is 10.3 Å². The van der Waals surface area contributed by atoms with Gasteiger partial charge >= 0.3 is 0 Å². The summed E-state index contributed by atoms with van der Waals surface area (Å²) in [4.78, 5) is 16.1. The van der Waals surface area contributed by atoms with Crippen LogP contribution in [0.2, 0.25) is 0 Å². The van der Waals surface area contributed by atoms with Crippen LogP contribution in [0.1, 0.15) is 29.9 Å². The lowest BCUT2D eigenvalue weighted by Crippen LogP contribution is -2.27. The maximum Gasteiger partial charge on any atom is 0.269 e. The summed E-state index contributed by atoms with van der Waals surface area (Å²) in [7, 11) is 0. The van der Waals surface area contributed by atoms with Crippen molar-refractivity contribution in [2.75, 3.05) is 11.9 Å². The molecule has 1 aromatic carbocycles. The lowest BCUT2D eigenvalue weighted by atomic mass is 10.2. The van der Waals surface area contributed by atoms with Crippen molar-refractivity contribution in [2.45, 2.75) is 20.8 Å². The summed E-state index contributed by atoms with van der Waals surface area (Å²) >= 11 is 0. The SMILES string of the molecule is Cc1ccc(Nc2ccc(C(=O)NCC(C)C)nc2)cc1. The van der Waals surface area contributed by atoms with Crippen molar-refractivity contribution in [2.24, 2.45) is 5.92 Å². The minimum absolute atomic E-state index is 0.134. The zero-order chi connectivity index (χ0) is 15.2. The number of hydrogen-bond acceptors (Lipinski definition) is 3. The van der Waals surface area contributed by atoms with E-state index in [0.29, 0.717) is 18.2 Å². The standard InChI is InChI=1S/C17H21N3O/c1-12(2)10-19-17(21)16-9-8-15(11-18-16)20-14-6-4-13(3)5-7-14/h4-9,11-12,20H,10H2,1-3H3,(H,19,21). The number of aryl methyl sites for hydroxylation is 1. The fourth-order valence-corrected chi connectivity index (χ4v) is 1.79. The predicted molar refractivity (Wildman–Crippen MR) is 85.9 cm³/mol. The summed E-state index contributed by atoms with van der Waals surface area (Å²) in [5.41, 5.74) is 3.51. The van der Waals surface area contributed by atoms with Gasteiger partial charge in [0.05, 0.1) is 11.9 Å². The normalized spacial score (nSPS) is 10.5. The Kier molecular flexibility index (Phi) is 4.93. The van der Waals surface area contributed by atoms with Gasteiger partial charge in [-0.05, 0) is 37.1 Å². The van der Waals surface area contributed by atoms with Crippen LogP contribution < -0.4 is 10.6 Å². The number of carbonyl (C=O) groups is 1. The van der Waals surface area contributed by atoms with E-state index in [1.165, 1.54) is 5.56 Å². The molecule has 0 atom stereocenters. The summed E-state index contributed by atoms with van der Waals surface area (Å²) in [6.07, 6.45) is 1.67. The number of anilines is 2. The van der Waals surface area contributed by atoms with E-state index >= 15 is 0 Å². The van der Waals surface area contributed by atoms with Crippen LogP contribution in [0.25, 0.3) is 0 Å². The number of nitrogens with one attached hydrogen (secondary N) is 2. The van der Waals surface area contributed by atoms with Crippen molar-refractivity contribution >= 4 is 17.3 Å². The fourth-order valence-electron chi connectivity index (χ4n) is 1.79. The van der Waals surface area contributed by atoms with E-state index in [1.54, 1.807) is 12.3 Å². The van der Waals surface area contributed by atoms with E-state index in [9.17, 15) is 4.79 Å². The Morgan fingerprint density at radius 1 is 1.10 bits per heavy atom. The van der Waals surface area contributed by atoms with Crippen molar-refractivity contribution in [3.8, 4) is 0 Å². The number of rotatable bonds is 5. The second-order valence-electron chi connectivity index (χ2n) is 5.53. The lowest BCUT2D eigenvalue weighted by molar-refractivity contribution is 0.0944. The van der Waals surface area contributed by atoms with E-state index in [0.717, 1.165) is 11.4 Å². The van der Waals surface area contributed by atoms with Gasteiger partial charge in [0.15, 0.2) is 0 Å². The zero-order valence-corrected chi connectivity index (χ0v) is 12.7. The molecule has 1 heterocycles. The topological polar surface area (TPSA) is 54.0 Å². The van der Waals surface area contributed by atoms with Gasteiger partial charge in [-0.2, -0.15) is 0 Å². The summed E-state index contributed by atoms with van der Waals surface area (Å²) in [6, 6.07) is 11.7. The monoisotopic (exact) mass is 283 g/mol. The largest absolute Gasteiger partial charge is 0.354 e. The molecule has 21 heavy (non-hydrogen) atoms. The predicted octanol–water partition coefficient (Wildman–Crippen LogP) is 3.52. The zero-order valence-electron chi connectivity index (χ0n) is 12.7. The molecule has 4 nitrogen and oxygen atoms in total. The quantitative estimate of drug-likeness (QED) is 0.882. The van der Waals surface area contributed by atoms with E-state index in [-0.39, 0.29) is 5.91 Å². The molecule has 0 unspecified atom stereocenters. The van der Waals surface area contributed by atoms with Crippen LogP contribution in [0.4, 0.5) is 11.4 Å². The molecular formula is C17H21N3O. The molecule has 2 rings (SSSR count). The van der Waals surface area contributed by atoms with Gasteiger partial charge in [-0.15, -0.1) is 0 Å². The molecule has 0 saturated heterocycles. The minimum Gasteiger partial charge on any atom is -0.354 e. The summed E-state index contributed by atoms with van der Waals surface area (Å²) < 4.78 is 0. The van der Waals surface area contributed by atoms with E-state index in [4.69, 9.17) is 0 Å². The van der Waals surface area contributed by atoms with Crippen LogP contribution in [0.15, 0.2) is 42.6 Å². The summed E-state index contributed by atoms with van der Waals surface area (Å²) in [5.74, 6) is 0.294. The maximum atomic E-state index is 11.9. The van der Waals surface area contributed by atoms with E-state index in [2.05, 4.69) is 36.4 Å². The Morgan fingerprint density at radius 3 is 2.33 bits per heavy atom. The summed E-state index contributed by atoms with van der Waals surface area (Å²) in [6.45, 7) is 6.82. The minimum atomic E-state index is -0.134. The van der Waals surface area contributed by atoms with Crippen molar-refractivity contribution in [3.05, 3.63) is 53.9 Å². The lowest BCUT2D eigenvalue weighted by Gasteiger charge is -2.09. The first-order valence-corrected chi connectivity index (χ1v) is 7.12. The number of carbonyl (C=O) groups excluding carboxylic acids is 1. The molecule has 0 bridgehead atoms. The molecule has 2 N–H and O–H groups in total. The molecule has 0 aliphatic rings. The van der Waals surface area contributed by atoms with Gasteiger partial charge in [-0.25, -0.2) is 4.98 Å². The number of benzene rings is 1. The molecule has 110 valence electrons. The molecule has 0 aliphatic carbocycles. The van der Waals surface area contributed by atoms with Crippen LogP contribution in [0.5, 0.6) is 0 Å². The third kappa shape index (κ3) is 4.60. The third-order valence-corrected chi connectivity index (χ3v) is 3.01. The van der Waals surface area contributed by atoms with Crippen LogP contribution >= 0.6 is 0 Å². The van der Waals surface area contributed by atoms with E-state index in [1.807, 2.05) is 30.3 Å². The number of hydrogen-bond donors (Lipinski definition) is 2. The Hall–Kier alpha value is -2.36. The average molecular weight is 283 g/mol. The van der Waals surface area contributed by atoms with Crippen molar-refractivity contribution in [1.29, 1.82) is 0 Å². The van der Waals surface area contributed by atoms with Gasteiger partial charge in [-0.3, -0.25) is 4.79 Å². The number of nitrogens with zero attached hydrogens (tertiary/aromatic N) is 1. The molecule has 1 amide bonds. The highest BCUT2D eigenvalue weighted by molar-refractivity contribution is 5.92. The number of pyridine rings is 1. The molecule has 0 radical (unpaired) electrons. The molecule has 0 aliphatic heterocycles. The molecule has 2 aromatic rings. The highest BCUT2D eigenvalue weighted by Crippen LogP contribution is 2.16. The van der Waals surface area contributed by atoms with Crippen molar-refractivity contribution < 1.29 is 4.79 Å². The first-order chi connectivity index (χ1) is 10.0. The second kappa shape index (κ2) is 6.88. The molecule has 0 saturated carbocycles. The Morgan fingerprint density at radius 2 is 1.76 bits per heavy atom. The average Bonchev–Trinajstić information content (AvgIpc) is 2.48. The van der Waals surface area contributed by atoms with Gasteiger partial charge in [0, 0.05) is 12.2 Å². The highest BCUT2D eigenvalue weighted by Gasteiger charge is 2.07. The molecule has 4 heteroatoms. The Bertz CT molecular complexity index is 588. The molecule has 0 spiro atoms. The second-order valence-corrected chi connectivity index (χ2v) is 5.53.